The molecule has 0 saturated heterocycles. The predicted octanol–water partition coefficient (Wildman–Crippen LogP) is 4.06. The Balaban J connectivity index is 1.85. The van der Waals surface area contributed by atoms with E-state index < -0.39 is 6.29 Å². The fourth-order valence-corrected chi connectivity index (χ4v) is 4.57. The number of amides is 1. The van der Waals surface area contributed by atoms with Gasteiger partial charge in [0.2, 0.25) is 0 Å². The van der Waals surface area contributed by atoms with Crippen molar-refractivity contribution in [1.29, 1.82) is 0 Å². The third kappa shape index (κ3) is 3.23. The molecule has 4 rings (SSSR count). The van der Waals surface area contributed by atoms with Crippen molar-refractivity contribution in [2.24, 2.45) is 0 Å². The number of hydrogen-bond acceptors (Lipinski definition) is 5. The van der Waals surface area contributed by atoms with Crippen LogP contribution in [0.5, 0.6) is 0 Å². The van der Waals surface area contributed by atoms with E-state index >= 15 is 0 Å². The average molecular weight is 448 g/mol. The van der Waals surface area contributed by atoms with Crippen molar-refractivity contribution in [2.75, 3.05) is 20.8 Å². The molecule has 8 heteroatoms. The van der Waals surface area contributed by atoms with Gasteiger partial charge in [-0.25, -0.2) is 0 Å². The molecule has 2 aromatic heterocycles. The molecule has 0 fully saturated rings. The summed E-state index contributed by atoms with van der Waals surface area (Å²) < 4.78 is 11.6. The number of benzene rings is 1. The van der Waals surface area contributed by atoms with Crippen LogP contribution in [0, 0.1) is 0 Å². The fraction of sp³-hybridized carbons (Fsp3) is 0.263. The third-order valence-electron chi connectivity index (χ3n) is 4.66. The van der Waals surface area contributed by atoms with Crippen molar-refractivity contribution in [3.63, 3.8) is 0 Å². The van der Waals surface area contributed by atoms with Crippen LogP contribution < -0.4 is 0 Å². The monoisotopic (exact) mass is 447 g/mol. The van der Waals surface area contributed by atoms with Gasteiger partial charge in [-0.3, -0.25) is 9.89 Å². The normalized spacial score (nSPS) is 16.4. The van der Waals surface area contributed by atoms with Gasteiger partial charge in [0.25, 0.3) is 5.91 Å². The van der Waals surface area contributed by atoms with Crippen LogP contribution in [0.4, 0.5) is 0 Å². The Hall–Kier alpha value is -2.00. The number of fused-ring (bicyclic) bond motifs is 1. The number of rotatable bonds is 6. The van der Waals surface area contributed by atoms with Gasteiger partial charge in [-0.15, -0.1) is 11.3 Å². The fourth-order valence-electron chi connectivity index (χ4n) is 3.42. The van der Waals surface area contributed by atoms with E-state index in [1.54, 1.807) is 30.5 Å². The van der Waals surface area contributed by atoms with Crippen molar-refractivity contribution >= 4 is 33.2 Å². The van der Waals surface area contributed by atoms with E-state index in [1.807, 2.05) is 41.8 Å². The molecular weight excluding hydrogens is 430 g/mol. The molecule has 3 heterocycles. The molecule has 0 saturated carbocycles. The summed E-state index contributed by atoms with van der Waals surface area (Å²) in [7, 11) is 3.14. The van der Waals surface area contributed by atoms with Crippen LogP contribution in [0.1, 0.15) is 27.7 Å². The lowest BCUT2D eigenvalue weighted by atomic mass is 9.98. The lowest BCUT2D eigenvalue weighted by Crippen LogP contribution is -2.38. The molecule has 140 valence electrons. The van der Waals surface area contributed by atoms with Gasteiger partial charge in [0.05, 0.1) is 23.2 Å². The number of halogens is 1. The molecular formula is C19H18BrN3O3S. The summed E-state index contributed by atoms with van der Waals surface area (Å²) in [6, 6.07) is 11.7. The van der Waals surface area contributed by atoms with Crippen LogP contribution in [0.15, 0.2) is 46.3 Å². The molecule has 1 amide bonds. The largest absolute Gasteiger partial charge is 0.354 e. The van der Waals surface area contributed by atoms with Crippen molar-refractivity contribution < 1.29 is 14.3 Å². The van der Waals surface area contributed by atoms with Crippen LogP contribution in [-0.4, -0.2) is 48.1 Å². The summed E-state index contributed by atoms with van der Waals surface area (Å²) in [6.07, 6.45) is -0.512. The van der Waals surface area contributed by atoms with Gasteiger partial charge in [0, 0.05) is 24.3 Å². The third-order valence-corrected chi connectivity index (χ3v) is 6.04. The minimum absolute atomic E-state index is 0.131. The minimum Gasteiger partial charge on any atom is -0.354 e. The van der Waals surface area contributed by atoms with Gasteiger partial charge in [-0.2, -0.15) is 5.10 Å². The Kier molecular flexibility index (Phi) is 5.14. The molecule has 1 aromatic carbocycles. The van der Waals surface area contributed by atoms with E-state index in [2.05, 4.69) is 26.1 Å². The van der Waals surface area contributed by atoms with Crippen LogP contribution >= 0.6 is 27.3 Å². The number of hydrogen-bond donors (Lipinski definition) is 1. The highest BCUT2D eigenvalue weighted by atomic mass is 79.9. The van der Waals surface area contributed by atoms with Crippen molar-refractivity contribution in [3.8, 4) is 10.6 Å². The molecule has 1 aliphatic heterocycles. The molecule has 1 unspecified atom stereocenters. The zero-order chi connectivity index (χ0) is 19.0. The number of nitrogens with one attached hydrogen (secondary N) is 1. The Morgan fingerprint density at radius 3 is 2.78 bits per heavy atom. The Labute approximate surface area is 169 Å². The lowest BCUT2D eigenvalue weighted by molar-refractivity contribution is -0.113. The van der Waals surface area contributed by atoms with E-state index in [4.69, 9.17) is 9.47 Å². The van der Waals surface area contributed by atoms with Crippen LogP contribution in [-0.2, 0) is 9.47 Å². The predicted molar refractivity (Wildman–Crippen MR) is 107 cm³/mol. The van der Waals surface area contributed by atoms with Gasteiger partial charge in [0.1, 0.15) is 0 Å². The second kappa shape index (κ2) is 7.55. The van der Waals surface area contributed by atoms with Crippen LogP contribution in [0.2, 0.25) is 0 Å². The topological polar surface area (TPSA) is 67.5 Å². The molecule has 27 heavy (non-hydrogen) atoms. The highest BCUT2D eigenvalue weighted by Gasteiger charge is 2.43. The van der Waals surface area contributed by atoms with Gasteiger partial charge >= 0.3 is 0 Å². The highest BCUT2D eigenvalue weighted by Crippen LogP contribution is 2.44. The van der Waals surface area contributed by atoms with Crippen LogP contribution in [0.25, 0.3) is 10.6 Å². The number of ether oxygens (including phenoxy) is 2. The number of carbonyl (C=O) groups is 1. The van der Waals surface area contributed by atoms with E-state index in [0.717, 1.165) is 26.2 Å². The molecule has 0 aliphatic carbocycles. The number of H-pyrrole nitrogens is 1. The van der Waals surface area contributed by atoms with Crippen molar-refractivity contribution in [1.82, 2.24) is 15.1 Å². The lowest BCUT2D eigenvalue weighted by Gasteiger charge is -2.29. The smallest absolute Gasteiger partial charge is 0.275 e. The first-order valence-electron chi connectivity index (χ1n) is 8.38. The standard InChI is InChI=1S/C19H18BrN3O3S/c1-25-14(26-2)10-23-18(11-5-3-6-12(20)9-11)15-16(13-7-4-8-27-13)21-22-17(15)19(23)24/h3-9,14,18H,10H2,1-2H3,(H,21,22). The molecule has 0 spiro atoms. The minimum atomic E-state index is -0.512. The maximum Gasteiger partial charge on any atom is 0.275 e. The number of aromatic nitrogens is 2. The van der Waals surface area contributed by atoms with Crippen LogP contribution in [0.3, 0.4) is 0 Å². The molecule has 0 bridgehead atoms. The second-order valence-corrected chi connectivity index (χ2v) is 8.02. The maximum atomic E-state index is 13.1. The first-order chi connectivity index (χ1) is 13.1. The molecule has 0 radical (unpaired) electrons. The molecule has 3 aromatic rings. The number of methoxy groups -OCH3 is 2. The SMILES string of the molecule is COC(CN1C(=O)c2n[nH]c(-c3cccs3)c2C1c1cccc(Br)c1)OC. The highest BCUT2D eigenvalue weighted by molar-refractivity contribution is 9.10. The van der Waals surface area contributed by atoms with Crippen molar-refractivity contribution in [2.45, 2.75) is 12.3 Å². The van der Waals surface area contributed by atoms with Gasteiger partial charge < -0.3 is 14.4 Å². The average Bonchev–Trinajstić information content (AvgIpc) is 3.38. The van der Waals surface area contributed by atoms with E-state index in [0.29, 0.717) is 12.2 Å². The summed E-state index contributed by atoms with van der Waals surface area (Å²) in [5.74, 6) is -0.131. The number of aromatic amines is 1. The summed E-state index contributed by atoms with van der Waals surface area (Å²) in [6.45, 7) is 0.309. The molecule has 1 aliphatic rings. The Morgan fingerprint density at radius 1 is 1.30 bits per heavy atom. The van der Waals surface area contributed by atoms with E-state index in [-0.39, 0.29) is 11.9 Å². The number of nitrogens with zero attached hydrogens (tertiary/aromatic N) is 2. The quantitative estimate of drug-likeness (QED) is 0.578. The maximum absolute atomic E-state index is 13.1. The van der Waals surface area contributed by atoms with Gasteiger partial charge in [-0.05, 0) is 29.1 Å². The molecule has 1 N–H and O–H groups in total. The molecule has 1 atom stereocenters. The zero-order valence-electron chi connectivity index (χ0n) is 14.8. The second-order valence-electron chi connectivity index (χ2n) is 6.15. The van der Waals surface area contributed by atoms with Gasteiger partial charge in [0.15, 0.2) is 12.0 Å². The number of carbonyl (C=O) groups excluding carboxylic acids is 1. The summed E-state index contributed by atoms with van der Waals surface area (Å²) in [5.41, 5.74) is 3.23. The van der Waals surface area contributed by atoms with E-state index in [1.165, 1.54) is 0 Å². The number of thiophene rings is 1. The molecule has 6 nitrogen and oxygen atoms in total. The first-order valence-corrected chi connectivity index (χ1v) is 10.1. The first kappa shape index (κ1) is 18.4. The van der Waals surface area contributed by atoms with E-state index in [9.17, 15) is 4.79 Å². The summed E-state index contributed by atoms with van der Waals surface area (Å²) in [4.78, 5) is 16.0. The Morgan fingerprint density at radius 2 is 2.11 bits per heavy atom. The Bertz CT molecular complexity index is 953. The summed E-state index contributed by atoms with van der Waals surface area (Å²) in [5, 5.41) is 9.41. The zero-order valence-corrected chi connectivity index (χ0v) is 17.2. The van der Waals surface area contributed by atoms with Gasteiger partial charge in [-0.1, -0.05) is 34.1 Å². The summed E-state index contributed by atoms with van der Waals surface area (Å²) >= 11 is 5.15. The van der Waals surface area contributed by atoms with Crippen molar-refractivity contribution in [3.05, 3.63) is 63.1 Å².